The highest BCUT2D eigenvalue weighted by atomic mass is 35.5. The molecule has 1 heterocycles. The molecule has 1 amide bonds. The van der Waals surface area contributed by atoms with Gasteiger partial charge in [-0.1, -0.05) is 41.7 Å². The van der Waals surface area contributed by atoms with Gasteiger partial charge in [-0.15, -0.1) is 25.6 Å². The maximum Gasteiger partial charge on any atom is 0.573 e. The highest BCUT2D eigenvalue weighted by Crippen LogP contribution is 2.31. The van der Waals surface area contributed by atoms with Crippen LogP contribution in [0.1, 0.15) is 5.56 Å². The molecule has 0 saturated carbocycles. The summed E-state index contributed by atoms with van der Waals surface area (Å²) >= 11 is 1.04. The van der Waals surface area contributed by atoms with E-state index in [4.69, 9.17) is 5.73 Å². The number of carbonyl (C=O) groups is 1. The average Bonchev–Trinajstić information content (AvgIpc) is 2.95. The zero-order valence-corrected chi connectivity index (χ0v) is 15.3. The average molecular weight is 418 g/mol. The first-order valence-corrected chi connectivity index (χ1v) is 8.38. The van der Waals surface area contributed by atoms with Gasteiger partial charge >= 0.3 is 6.36 Å². The minimum absolute atomic E-state index is 0. The van der Waals surface area contributed by atoms with E-state index in [1.54, 1.807) is 0 Å². The third-order valence-electron chi connectivity index (χ3n) is 3.46. The van der Waals surface area contributed by atoms with Gasteiger partial charge in [0, 0.05) is 6.07 Å². The molecule has 0 aliphatic rings. The minimum atomic E-state index is -4.76. The van der Waals surface area contributed by atoms with Gasteiger partial charge in [0.25, 0.3) is 0 Å². The normalized spacial score (nSPS) is 12.3. The first kappa shape index (κ1) is 20.9. The van der Waals surface area contributed by atoms with E-state index in [0.29, 0.717) is 16.6 Å². The number of nitrogens with two attached hydrogens (primary N) is 1. The molecule has 1 aromatic heterocycles. The lowest BCUT2D eigenvalue weighted by atomic mass is 10.1. The fraction of sp³-hybridized carbons (Fsp3) is 0.176. The zero-order chi connectivity index (χ0) is 18.7. The van der Waals surface area contributed by atoms with Crippen molar-refractivity contribution in [3.05, 3.63) is 54.1 Å². The third-order valence-corrected chi connectivity index (χ3v) is 4.39. The van der Waals surface area contributed by atoms with Crippen LogP contribution in [0.4, 0.5) is 18.3 Å². The molecule has 2 aromatic carbocycles. The molecule has 0 radical (unpaired) electrons. The van der Waals surface area contributed by atoms with Crippen molar-refractivity contribution in [2.75, 3.05) is 5.32 Å². The van der Waals surface area contributed by atoms with Crippen LogP contribution in [0, 0.1) is 0 Å². The number of nitrogens with zero attached hydrogens (tertiary/aromatic N) is 1. The number of amides is 1. The number of nitrogens with one attached hydrogen (secondary N) is 1. The number of thiazole rings is 1. The van der Waals surface area contributed by atoms with Crippen molar-refractivity contribution in [2.24, 2.45) is 5.73 Å². The van der Waals surface area contributed by atoms with Gasteiger partial charge in [0.15, 0.2) is 5.13 Å². The molecule has 27 heavy (non-hydrogen) atoms. The number of aromatic nitrogens is 1. The van der Waals surface area contributed by atoms with E-state index in [2.05, 4.69) is 15.0 Å². The number of halogens is 4. The van der Waals surface area contributed by atoms with Gasteiger partial charge in [-0.05, 0) is 24.1 Å². The van der Waals surface area contributed by atoms with E-state index >= 15 is 0 Å². The van der Waals surface area contributed by atoms with Gasteiger partial charge < -0.3 is 15.8 Å². The Hall–Kier alpha value is -2.36. The Bertz CT molecular complexity index is 919. The second-order valence-corrected chi connectivity index (χ2v) is 6.51. The summed E-state index contributed by atoms with van der Waals surface area (Å²) in [5, 5.41) is 2.86. The lowest BCUT2D eigenvalue weighted by Gasteiger charge is -2.10. The minimum Gasteiger partial charge on any atom is -0.406 e. The van der Waals surface area contributed by atoms with Crippen molar-refractivity contribution in [1.29, 1.82) is 0 Å². The van der Waals surface area contributed by atoms with Crippen molar-refractivity contribution in [3.63, 3.8) is 0 Å². The number of hydrogen-bond acceptors (Lipinski definition) is 5. The van der Waals surface area contributed by atoms with E-state index in [0.717, 1.165) is 16.9 Å². The molecule has 3 aromatic rings. The number of hydrogen-bond donors (Lipinski definition) is 2. The number of ether oxygens (including phenoxy) is 1. The summed E-state index contributed by atoms with van der Waals surface area (Å²) in [5.74, 6) is -0.757. The van der Waals surface area contributed by atoms with Crippen molar-refractivity contribution in [2.45, 2.75) is 18.8 Å². The fourth-order valence-electron chi connectivity index (χ4n) is 2.31. The first-order valence-electron chi connectivity index (χ1n) is 7.57. The largest absolute Gasteiger partial charge is 0.573 e. The summed E-state index contributed by atoms with van der Waals surface area (Å²) in [7, 11) is 0. The Morgan fingerprint density at radius 1 is 1.22 bits per heavy atom. The summed E-state index contributed by atoms with van der Waals surface area (Å²) < 4.78 is 41.2. The van der Waals surface area contributed by atoms with Crippen LogP contribution < -0.4 is 15.8 Å². The predicted octanol–water partition coefficient (Wildman–Crippen LogP) is 4.13. The Labute approximate surface area is 162 Å². The Kier molecular flexibility index (Phi) is 6.63. The molecule has 0 aliphatic heterocycles. The van der Waals surface area contributed by atoms with E-state index in [9.17, 15) is 18.0 Å². The van der Waals surface area contributed by atoms with E-state index in [-0.39, 0.29) is 23.3 Å². The monoisotopic (exact) mass is 417 g/mol. The van der Waals surface area contributed by atoms with Gasteiger partial charge in [0.05, 0.1) is 16.3 Å². The lowest BCUT2D eigenvalue weighted by molar-refractivity contribution is -0.274. The molecule has 0 spiro atoms. The molecule has 0 bridgehead atoms. The molecule has 0 fully saturated rings. The predicted molar refractivity (Wildman–Crippen MR) is 100 cm³/mol. The zero-order valence-electron chi connectivity index (χ0n) is 13.7. The van der Waals surface area contributed by atoms with Gasteiger partial charge in [0.2, 0.25) is 5.91 Å². The summed E-state index contributed by atoms with van der Waals surface area (Å²) in [6, 6.07) is 12.3. The lowest BCUT2D eigenvalue weighted by Crippen LogP contribution is -2.37. The number of fused-ring (bicyclic) bond motifs is 1. The summed E-state index contributed by atoms with van der Waals surface area (Å²) in [5.41, 5.74) is 7.28. The van der Waals surface area contributed by atoms with Crippen LogP contribution in [-0.4, -0.2) is 23.3 Å². The number of anilines is 1. The van der Waals surface area contributed by atoms with Gasteiger partial charge in [-0.2, -0.15) is 0 Å². The van der Waals surface area contributed by atoms with Crippen LogP contribution >= 0.6 is 23.7 Å². The summed E-state index contributed by atoms with van der Waals surface area (Å²) in [4.78, 5) is 16.4. The summed E-state index contributed by atoms with van der Waals surface area (Å²) in [6.45, 7) is 0. The summed E-state index contributed by atoms with van der Waals surface area (Å²) in [6.07, 6.45) is -4.40. The van der Waals surface area contributed by atoms with Crippen molar-refractivity contribution in [3.8, 4) is 5.75 Å². The Morgan fingerprint density at radius 2 is 1.93 bits per heavy atom. The van der Waals surface area contributed by atoms with Crippen LogP contribution in [0.5, 0.6) is 5.75 Å². The van der Waals surface area contributed by atoms with Crippen molar-refractivity contribution < 1.29 is 22.7 Å². The Morgan fingerprint density at radius 3 is 2.59 bits per heavy atom. The standard InChI is InChI=1S/C17H14F3N3O2S.ClH/c18-17(19,20)25-11-6-7-13-14(9-11)26-16(22-13)23-15(24)12(21)8-10-4-2-1-3-5-10;/h1-7,9,12H,8,21H2,(H,22,23,24);1H/t12-;/m0./s1. The Balaban J connectivity index is 0.00000261. The molecule has 3 rings (SSSR count). The van der Waals surface area contributed by atoms with Crippen molar-refractivity contribution in [1.82, 2.24) is 4.98 Å². The molecular weight excluding hydrogens is 403 g/mol. The molecule has 3 N–H and O–H groups in total. The SMILES string of the molecule is Cl.N[C@@H](Cc1ccccc1)C(=O)Nc1nc2ccc(OC(F)(F)F)cc2s1. The van der Waals surface area contributed by atoms with Crippen LogP contribution in [0.15, 0.2) is 48.5 Å². The van der Waals surface area contributed by atoms with Crippen LogP contribution in [-0.2, 0) is 11.2 Å². The maximum absolute atomic E-state index is 12.3. The molecule has 0 saturated heterocycles. The second kappa shape index (κ2) is 8.55. The smallest absolute Gasteiger partial charge is 0.406 e. The molecule has 144 valence electrons. The number of benzene rings is 2. The van der Waals surface area contributed by atoms with Crippen LogP contribution in [0.3, 0.4) is 0 Å². The number of rotatable bonds is 5. The molecule has 0 unspecified atom stereocenters. The quantitative estimate of drug-likeness (QED) is 0.654. The fourth-order valence-corrected chi connectivity index (χ4v) is 3.21. The molecular formula is C17H15ClF3N3O2S. The highest BCUT2D eigenvalue weighted by Gasteiger charge is 2.31. The number of carbonyl (C=O) groups excluding carboxylic acids is 1. The molecule has 0 aliphatic carbocycles. The highest BCUT2D eigenvalue weighted by molar-refractivity contribution is 7.22. The molecule has 5 nitrogen and oxygen atoms in total. The van der Waals surface area contributed by atoms with Gasteiger partial charge in [-0.3, -0.25) is 4.79 Å². The van der Waals surface area contributed by atoms with E-state index in [1.807, 2.05) is 30.3 Å². The first-order chi connectivity index (χ1) is 12.3. The van der Waals surface area contributed by atoms with E-state index < -0.39 is 18.3 Å². The number of alkyl halides is 3. The van der Waals surface area contributed by atoms with E-state index in [1.165, 1.54) is 18.2 Å². The van der Waals surface area contributed by atoms with Crippen LogP contribution in [0.2, 0.25) is 0 Å². The van der Waals surface area contributed by atoms with Crippen LogP contribution in [0.25, 0.3) is 10.2 Å². The second-order valence-electron chi connectivity index (χ2n) is 5.48. The third kappa shape index (κ3) is 5.81. The molecule has 1 atom stereocenters. The van der Waals surface area contributed by atoms with Crippen molar-refractivity contribution >= 4 is 45.0 Å². The van der Waals surface area contributed by atoms with Gasteiger partial charge in [-0.25, -0.2) is 4.98 Å². The maximum atomic E-state index is 12.3. The van der Waals surface area contributed by atoms with Gasteiger partial charge in [0.1, 0.15) is 5.75 Å². The topological polar surface area (TPSA) is 77.2 Å². The molecule has 10 heteroatoms.